The van der Waals surface area contributed by atoms with Gasteiger partial charge >= 0.3 is 11.9 Å². The molecule has 0 aromatic rings. The van der Waals surface area contributed by atoms with Crippen LogP contribution < -0.4 is 11.1 Å². The molecule has 7 heteroatoms. The van der Waals surface area contributed by atoms with Gasteiger partial charge in [-0.3, -0.25) is 9.59 Å². The maximum atomic E-state index is 12.6. The van der Waals surface area contributed by atoms with Gasteiger partial charge in [0.05, 0.1) is 0 Å². The summed E-state index contributed by atoms with van der Waals surface area (Å²) in [6.45, 7) is 4.77. The number of amides is 1. The zero-order valence-corrected chi connectivity index (χ0v) is 30.1. The fourth-order valence-corrected chi connectivity index (χ4v) is 5.32. The Morgan fingerprint density at radius 3 is 1.74 bits per heavy atom. The fraction of sp³-hybridized carbons (Fsp3) is 0.725. The average molecular weight is 659 g/mol. The van der Waals surface area contributed by atoms with Crippen molar-refractivity contribution < 1.29 is 24.2 Å². The molecule has 1 amide bonds. The molecule has 7 nitrogen and oxygen atoms in total. The van der Waals surface area contributed by atoms with Gasteiger partial charge in [-0.05, 0) is 96.4 Å². The van der Waals surface area contributed by atoms with Gasteiger partial charge in [-0.15, -0.1) is 0 Å². The van der Waals surface area contributed by atoms with Gasteiger partial charge in [0, 0.05) is 12.8 Å². The number of unbranched alkanes of at least 4 members (excludes halogenated alkanes) is 11. The fourth-order valence-electron chi connectivity index (χ4n) is 5.32. The molecule has 0 saturated heterocycles. The number of carbonyl (C=O) groups is 3. The monoisotopic (exact) mass is 659 g/mol. The molecule has 0 spiro atoms. The Kier molecular flexibility index (Phi) is 32.7. The normalized spacial score (nSPS) is 13.3. The first-order valence-corrected chi connectivity index (χ1v) is 19.0. The maximum absolute atomic E-state index is 12.6. The van der Waals surface area contributed by atoms with Gasteiger partial charge in [-0.2, -0.15) is 0 Å². The Labute approximate surface area is 287 Å². The topological polar surface area (TPSA) is 119 Å². The Hall–Kier alpha value is -2.67. The van der Waals surface area contributed by atoms with E-state index in [0.29, 0.717) is 32.2 Å². The predicted octanol–water partition coefficient (Wildman–Crippen LogP) is 10.1. The lowest BCUT2D eigenvalue weighted by Gasteiger charge is -2.18. The highest BCUT2D eigenvalue weighted by molar-refractivity contribution is 5.83. The highest BCUT2D eigenvalue weighted by Gasteiger charge is 2.19. The Balaban J connectivity index is 4.17. The van der Waals surface area contributed by atoms with E-state index in [1.165, 1.54) is 25.7 Å². The zero-order valence-electron chi connectivity index (χ0n) is 30.1. The number of carbonyl (C=O) groups excluding carboxylic acids is 2. The maximum Gasteiger partial charge on any atom is 0.326 e. The van der Waals surface area contributed by atoms with Crippen molar-refractivity contribution in [3.8, 4) is 0 Å². The molecule has 0 aromatic heterocycles. The van der Waals surface area contributed by atoms with Crippen LogP contribution in [0.5, 0.6) is 0 Å². The van der Waals surface area contributed by atoms with Crippen molar-refractivity contribution in [2.24, 2.45) is 5.73 Å². The van der Waals surface area contributed by atoms with Crippen molar-refractivity contribution in [3.63, 3.8) is 0 Å². The van der Waals surface area contributed by atoms with Crippen molar-refractivity contribution in [1.82, 2.24) is 5.32 Å². The molecular formula is C40H70N2O5. The zero-order chi connectivity index (χ0) is 34.6. The summed E-state index contributed by atoms with van der Waals surface area (Å²) in [7, 11) is 0. The van der Waals surface area contributed by atoms with E-state index < -0.39 is 12.0 Å². The quantitative estimate of drug-likeness (QED) is 0.0367. The van der Waals surface area contributed by atoms with Gasteiger partial charge in [0.25, 0.3) is 0 Å². The van der Waals surface area contributed by atoms with Crippen LogP contribution in [0.25, 0.3) is 0 Å². The third-order valence-corrected chi connectivity index (χ3v) is 8.16. The van der Waals surface area contributed by atoms with Crippen LogP contribution in [0.15, 0.2) is 48.6 Å². The Morgan fingerprint density at radius 2 is 1.17 bits per heavy atom. The van der Waals surface area contributed by atoms with Gasteiger partial charge in [-0.1, -0.05) is 114 Å². The summed E-state index contributed by atoms with van der Waals surface area (Å²) in [6, 6.07) is -0.866. The first-order valence-electron chi connectivity index (χ1n) is 19.0. The van der Waals surface area contributed by atoms with Crippen LogP contribution in [0.1, 0.15) is 168 Å². The molecule has 270 valence electrons. The average Bonchev–Trinajstić information content (AvgIpc) is 3.05. The second kappa shape index (κ2) is 34.7. The van der Waals surface area contributed by atoms with E-state index in [1.807, 2.05) is 0 Å². The molecule has 0 rings (SSSR count). The summed E-state index contributed by atoms with van der Waals surface area (Å²) in [5.74, 6) is -1.30. The number of nitrogens with two attached hydrogens (primary N) is 1. The minimum Gasteiger partial charge on any atom is -0.480 e. The predicted molar refractivity (Wildman–Crippen MR) is 197 cm³/mol. The molecular weight excluding hydrogens is 588 g/mol. The number of esters is 1. The lowest BCUT2D eigenvalue weighted by atomic mass is 10.0. The molecule has 0 saturated carbocycles. The van der Waals surface area contributed by atoms with Crippen molar-refractivity contribution in [3.05, 3.63) is 48.6 Å². The smallest absolute Gasteiger partial charge is 0.326 e. The molecule has 0 aliphatic heterocycles. The lowest BCUT2D eigenvalue weighted by Crippen LogP contribution is -2.40. The number of aliphatic carboxylic acids is 1. The molecule has 47 heavy (non-hydrogen) atoms. The van der Waals surface area contributed by atoms with Gasteiger partial charge < -0.3 is 20.9 Å². The summed E-state index contributed by atoms with van der Waals surface area (Å²) < 4.78 is 5.94. The Bertz CT molecular complexity index is 880. The molecule has 0 aromatic carbocycles. The van der Waals surface area contributed by atoms with Crippen LogP contribution in [-0.2, 0) is 19.1 Å². The molecule has 0 aliphatic rings. The number of hydrogen-bond donors (Lipinski definition) is 3. The number of carboxylic acids is 1. The van der Waals surface area contributed by atoms with Gasteiger partial charge in [0.1, 0.15) is 12.1 Å². The third-order valence-electron chi connectivity index (χ3n) is 8.16. The molecule has 0 heterocycles. The van der Waals surface area contributed by atoms with Crippen LogP contribution >= 0.6 is 0 Å². The van der Waals surface area contributed by atoms with Crippen LogP contribution in [0, 0.1) is 0 Å². The summed E-state index contributed by atoms with van der Waals surface area (Å²) in [5, 5.41) is 11.9. The standard InChI is InChI=1S/C40H70N2O5/c1-3-5-7-9-10-11-12-13-14-15-16-17-18-19-20-22-28-34-39(44)47-36(30-25-21-8-6-4-2)31-26-23-24-27-33-38(43)42-37(40(45)46)32-29-35-41/h5,7,10-11,13-14,16-17,36-37H,3-4,6,8-9,12,15,18-35,41H2,1-2H3,(H,42,43)(H,45,46)/b7-5-,11-10-,14-13-,17-16-. The number of carboxylic acid groups (broad SMARTS) is 1. The SMILES string of the molecule is CC/C=C\C/C=C\C/C=C\C/C=C\CCCCCCC(=O)OC(CCCCCCC)CCCCCCC(=O)NC(CCCN)C(=O)O. The van der Waals surface area contributed by atoms with E-state index in [0.717, 1.165) is 103 Å². The number of rotatable bonds is 33. The second-order valence-electron chi connectivity index (χ2n) is 12.6. The van der Waals surface area contributed by atoms with E-state index in [4.69, 9.17) is 10.5 Å². The van der Waals surface area contributed by atoms with Crippen molar-refractivity contribution in [2.75, 3.05) is 6.54 Å². The van der Waals surface area contributed by atoms with Gasteiger partial charge in [-0.25, -0.2) is 4.79 Å². The molecule has 0 radical (unpaired) electrons. The summed E-state index contributed by atoms with van der Waals surface area (Å²) >= 11 is 0. The lowest BCUT2D eigenvalue weighted by molar-refractivity contribution is -0.150. The molecule has 0 bridgehead atoms. The first-order chi connectivity index (χ1) is 22.9. The van der Waals surface area contributed by atoms with Gasteiger partial charge in [0.15, 0.2) is 0 Å². The molecule has 0 fully saturated rings. The minimum atomic E-state index is -1.01. The van der Waals surface area contributed by atoms with E-state index in [9.17, 15) is 19.5 Å². The van der Waals surface area contributed by atoms with Crippen LogP contribution in [0.3, 0.4) is 0 Å². The minimum absolute atomic E-state index is 0.0237. The summed E-state index contributed by atoms with van der Waals surface area (Å²) in [4.78, 5) is 36.1. The molecule has 0 aliphatic carbocycles. The number of nitrogens with one attached hydrogen (secondary N) is 1. The number of hydrogen-bond acceptors (Lipinski definition) is 5. The first kappa shape index (κ1) is 44.3. The van der Waals surface area contributed by atoms with Crippen LogP contribution in [0.2, 0.25) is 0 Å². The third kappa shape index (κ3) is 31.7. The van der Waals surface area contributed by atoms with E-state index in [-0.39, 0.29) is 18.0 Å². The molecule has 4 N–H and O–H groups in total. The number of ether oxygens (including phenoxy) is 1. The van der Waals surface area contributed by atoms with Gasteiger partial charge in [0.2, 0.25) is 5.91 Å². The number of allylic oxidation sites excluding steroid dienone is 8. The summed E-state index contributed by atoms with van der Waals surface area (Å²) in [5.41, 5.74) is 5.46. The Morgan fingerprint density at radius 1 is 0.638 bits per heavy atom. The molecule has 2 atom stereocenters. The van der Waals surface area contributed by atoms with Crippen molar-refractivity contribution in [2.45, 2.75) is 180 Å². The van der Waals surface area contributed by atoms with Crippen molar-refractivity contribution in [1.29, 1.82) is 0 Å². The van der Waals surface area contributed by atoms with E-state index in [2.05, 4.69) is 67.8 Å². The van der Waals surface area contributed by atoms with E-state index in [1.54, 1.807) is 0 Å². The molecule has 2 unspecified atom stereocenters. The van der Waals surface area contributed by atoms with Crippen LogP contribution in [0.4, 0.5) is 0 Å². The van der Waals surface area contributed by atoms with Crippen molar-refractivity contribution >= 4 is 17.8 Å². The summed E-state index contributed by atoms with van der Waals surface area (Å²) in [6.07, 6.45) is 40.2. The van der Waals surface area contributed by atoms with E-state index >= 15 is 0 Å². The highest BCUT2D eigenvalue weighted by atomic mass is 16.5. The highest BCUT2D eigenvalue weighted by Crippen LogP contribution is 2.18. The largest absolute Gasteiger partial charge is 0.480 e. The second-order valence-corrected chi connectivity index (χ2v) is 12.6. The van der Waals surface area contributed by atoms with Crippen LogP contribution in [-0.4, -0.2) is 41.6 Å².